The SMILES string of the molecule is Cc1ccncc1CNc1cc(Br)c(F)cc1[N+](=O)[O-]. The summed E-state index contributed by atoms with van der Waals surface area (Å²) in [6.07, 6.45) is 3.36. The predicted octanol–water partition coefficient (Wildman–Crippen LogP) is 3.81. The first kappa shape index (κ1) is 14.4. The number of nitro benzene ring substituents is 1. The summed E-state index contributed by atoms with van der Waals surface area (Å²) < 4.78 is 13.5. The van der Waals surface area contributed by atoms with Crippen LogP contribution in [0.4, 0.5) is 15.8 Å². The van der Waals surface area contributed by atoms with Crippen LogP contribution in [0.25, 0.3) is 0 Å². The van der Waals surface area contributed by atoms with E-state index in [0.29, 0.717) is 6.54 Å². The van der Waals surface area contributed by atoms with Gasteiger partial charge in [-0.2, -0.15) is 0 Å². The molecule has 1 aromatic heterocycles. The van der Waals surface area contributed by atoms with E-state index >= 15 is 0 Å². The standard InChI is InChI=1S/C13H11BrFN3O2/c1-8-2-3-16-6-9(8)7-17-12-4-10(14)11(15)5-13(12)18(19)20/h2-6,17H,7H2,1H3. The summed E-state index contributed by atoms with van der Waals surface area (Å²) in [5.41, 5.74) is 1.90. The van der Waals surface area contributed by atoms with E-state index in [1.54, 1.807) is 12.4 Å². The van der Waals surface area contributed by atoms with Crippen molar-refractivity contribution in [1.29, 1.82) is 0 Å². The van der Waals surface area contributed by atoms with Crippen LogP contribution in [0.1, 0.15) is 11.1 Å². The quantitative estimate of drug-likeness (QED) is 0.679. The van der Waals surface area contributed by atoms with E-state index in [9.17, 15) is 14.5 Å². The maximum absolute atomic E-state index is 13.4. The Balaban J connectivity index is 2.27. The molecule has 0 unspecified atom stereocenters. The van der Waals surface area contributed by atoms with Crippen LogP contribution in [0.5, 0.6) is 0 Å². The second-order valence-electron chi connectivity index (χ2n) is 4.20. The molecule has 0 spiro atoms. The predicted molar refractivity (Wildman–Crippen MR) is 77.1 cm³/mol. The van der Waals surface area contributed by atoms with Crippen LogP contribution in [0, 0.1) is 22.9 Å². The normalized spacial score (nSPS) is 10.3. The number of pyridine rings is 1. The highest BCUT2D eigenvalue weighted by atomic mass is 79.9. The number of nitrogens with one attached hydrogen (secondary N) is 1. The minimum Gasteiger partial charge on any atom is -0.375 e. The van der Waals surface area contributed by atoms with Gasteiger partial charge < -0.3 is 5.32 Å². The molecule has 0 atom stereocenters. The van der Waals surface area contributed by atoms with Crippen LogP contribution in [-0.4, -0.2) is 9.91 Å². The molecule has 1 heterocycles. The highest BCUT2D eigenvalue weighted by Gasteiger charge is 2.17. The van der Waals surface area contributed by atoms with Gasteiger partial charge in [-0.3, -0.25) is 15.1 Å². The fourth-order valence-corrected chi connectivity index (χ4v) is 2.04. The Hall–Kier alpha value is -2.02. The summed E-state index contributed by atoms with van der Waals surface area (Å²) in [6, 6.07) is 4.10. The molecule has 0 aliphatic heterocycles. The van der Waals surface area contributed by atoms with Crippen LogP contribution in [0.15, 0.2) is 35.1 Å². The average molecular weight is 340 g/mol. The van der Waals surface area contributed by atoms with Crippen LogP contribution in [0.3, 0.4) is 0 Å². The van der Waals surface area contributed by atoms with Gasteiger partial charge in [0.2, 0.25) is 0 Å². The number of halogens is 2. The van der Waals surface area contributed by atoms with Crippen LogP contribution in [0.2, 0.25) is 0 Å². The van der Waals surface area contributed by atoms with E-state index in [0.717, 1.165) is 17.2 Å². The summed E-state index contributed by atoms with van der Waals surface area (Å²) in [4.78, 5) is 14.3. The number of aromatic nitrogens is 1. The first-order chi connectivity index (χ1) is 9.49. The maximum Gasteiger partial charge on any atom is 0.295 e. The number of hydrogen-bond acceptors (Lipinski definition) is 4. The molecule has 0 saturated heterocycles. The summed E-state index contributed by atoms with van der Waals surface area (Å²) in [6.45, 7) is 2.30. The third kappa shape index (κ3) is 3.11. The molecule has 1 aromatic carbocycles. The van der Waals surface area contributed by atoms with Crippen molar-refractivity contribution < 1.29 is 9.31 Å². The smallest absolute Gasteiger partial charge is 0.295 e. The minimum atomic E-state index is -0.667. The second kappa shape index (κ2) is 5.96. The topological polar surface area (TPSA) is 68.1 Å². The second-order valence-corrected chi connectivity index (χ2v) is 5.05. The molecule has 2 rings (SSSR count). The van der Waals surface area contributed by atoms with Crippen molar-refractivity contribution >= 4 is 27.3 Å². The van der Waals surface area contributed by atoms with E-state index in [4.69, 9.17) is 0 Å². The van der Waals surface area contributed by atoms with Gasteiger partial charge in [0.15, 0.2) is 0 Å². The number of benzene rings is 1. The highest BCUT2D eigenvalue weighted by Crippen LogP contribution is 2.30. The van der Waals surface area contributed by atoms with Crippen molar-refractivity contribution in [2.45, 2.75) is 13.5 Å². The third-order valence-electron chi connectivity index (χ3n) is 2.85. The molecule has 1 N–H and O–H groups in total. The number of anilines is 1. The zero-order valence-electron chi connectivity index (χ0n) is 10.6. The van der Waals surface area contributed by atoms with E-state index in [-0.39, 0.29) is 15.8 Å². The van der Waals surface area contributed by atoms with Crippen molar-refractivity contribution in [1.82, 2.24) is 4.98 Å². The zero-order chi connectivity index (χ0) is 14.7. The summed E-state index contributed by atoms with van der Waals surface area (Å²) in [5.74, 6) is -0.667. The van der Waals surface area contributed by atoms with Crippen molar-refractivity contribution in [2.24, 2.45) is 0 Å². The van der Waals surface area contributed by atoms with E-state index in [1.807, 2.05) is 13.0 Å². The molecule has 7 heteroatoms. The van der Waals surface area contributed by atoms with Gasteiger partial charge in [-0.25, -0.2) is 4.39 Å². The molecule has 5 nitrogen and oxygen atoms in total. The molecule has 0 saturated carbocycles. The van der Waals surface area contributed by atoms with Crippen molar-refractivity contribution in [3.63, 3.8) is 0 Å². The van der Waals surface area contributed by atoms with Crippen molar-refractivity contribution in [3.05, 3.63) is 62.1 Å². The maximum atomic E-state index is 13.4. The Labute approximate surface area is 123 Å². The van der Waals surface area contributed by atoms with Gasteiger partial charge in [-0.05, 0) is 46.1 Å². The first-order valence-corrected chi connectivity index (χ1v) is 6.55. The highest BCUT2D eigenvalue weighted by molar-refractivity contribution is 9.10. The van der Waals surface area contributed by atoms with Gasteiger partial charge >= 0.3 is 0 Å². The summed E-state index contributed by atoms with van der Waals surface area (Å²) in [5, 5.41) is 13.9. The number of nitrogens with zero attached hydrogens (tertiary/aromatic N) is 2. The Morgan fingerprint density at radius 1 is 1.50 bits per heavy atom. The molecule has 2 aromatic rings. The monoisotopic (exact) mass is 339 g/mol. The largest absolute Gasteiger partial charge is 0.375 e. The molecule has 0 aliphatic rings. The number of rotatable bonds is 4. The van der Waals surface area contributed by atoms with E-state index in [2.05, 4.69) is 26.2 Å². The Morgan fingerprint density at radius 2 is 2.25 bits per heavy atom. The lowest BCUT2D eigenvalue weighted by Crippen LogP contribution is -2.05. The molecule has 0 bridgehead atoms. The number of nitro groups is 1. The van der Waals surface area contributed by atoms with Crippen LogP contribution in [-0.2, 0) is 6.54 Å². The molecule has 0 amide bonds. The third-order valence-corrected chi connectivity index (χ3v) is 3.46. The molecule has 20 heavy (non-hydrogen) atoms. The fraction of sp³-hybridized carbons (Fsp3) is 0.154. The summed E-state index contributed by atoms with van der Waals surface area (Å²) in [7, 11) is 0. The van der Waals surface area contributed by atoms with Gasteiger partial charge in [-0.1, -0.05) is 0 Å². The van der Waals surface area contributed by atoms with E-state index in [1.165, 1.54) is 6.07 Å². The molecule has 0 radical (unpaired) electrons. The lowest BCUT2D eigenvalue weighted by atomic mass is 10.1. The van der Waals surface area contributed by atoms with Gasteiger partial charge in [0.05, 0.1) is 15.5 Å². The van der Waals surface area contributed by atoms with Gasteiger partial charge in [0, 0.05) is 18.9 Å². The first-order valence-electron chi connectivity index (χ1n) is 5.76. The lowest BCUT2D eigenvalue weighted by molar-refractivity contribution is -0.384. The lowest BCUT2D eigenvalue weighted by Gasteiger charge is -2.09. The fourth-order valence-electron chi connectivity index (χ4n) is 1.70. The molecule has 0 aliphatic carbocycles. The van der Waals surface area contributed by atoms with Crippen molar-refractivity contribution in [3.8, 4) is 0 Å². The number of aryl methyl sites for hydroxylation is 1. The number of hydrogen-bond donors (Lipinski definition) is 1. The minimum absolute atomic E-state index is 0.175. The Bertz CT molecular complexity index is 664. The molecule has 0 fully saturated rings. The van der Waals surface area contributed by atoms with Crippen LogP contribution >= 0.6 is 15.9 Å². The molecular weight excluding hydrogens is 329 g/mol. The van der Waals surface area contributed by atoms with Crippen molar-refractivity contribution in [2.75, 3.05) is 5.32 Å². The van der Waals surface area contributed by atoms with E-state index < -0.39 is 10.7 Å². The van der Waals surface area contributed by atoms with Crippen LogP contribution < -0.4 is 5.32 Å². The van der Waals surface area contributed by atoms with Gasteiger partial charge in [0.1, 0.15) is 11.5 Å². The van der Waals surface area contributed by atoms with Gasteiger partial charge in [0.25, 0.3) is 5.69 Å². The molecular formula is C13H11BrFN3O2. The molecule has 104 valence electrons. The Morgan fingerprint density at radius 3 is 2.90 bits per heavy atom. The van der Waals surface area contributed by atoms with Gasteiger partial charge in [-0.15, -0.1) is 0 Å². The Kier molecular flexibility index (Phi) is 4.29. The zero-order valence-corrected chi connectivity index (χ0v) is 12.1. The summed E-state index contributed by atoms with van der Waals surface area (Å²) >= 11 is 3.02. The average Bonchev–Trinajstić information content (AvgIpc) is 2.41.